The standard InChI is InChI=1S/C7H7BrN2O/c8-10-7(11)9-6-4-2-1-3-5-6/h1-5H,(H2,9,10,11). The van der Waals surface area contributed by atoms with Crippen molar-refractivity contribution >= 4 is 27.9 Å². The molecule has 1 rings (SSSR count). The SMILES string of the molecule is O=C(NBr)Nc1ccccc1. The molecule has 1 aromatic carbocycles. The first kappa shape index (κ1) is 8.07. The van der Waals surface area contributed by atoms with Gasteiger partial charge in [-0.2, -0.15) is 0 Å². The molecule has 0 spiro atoms. The van der Waals surface area contributed by atoms with Gasteiger partial charge in [0.2, 0.25) is 0 Å². The highest BCUT2D eigenvalue weighted by molar-refractivity contribution is 9.08. The van der Waals surface area contributed by atoms with Gasteiger partial charge in [0.1, 0.15) is 0 Å². The number of hydrogen-bond donors (Lipinski definition) is 2. The number of anilines is 1. The molecule has 0 aliphatic rings. The van der Waals surface area contributed by atoms with Crippen LogP contribution in [0, 0.1) is 0 Å². The lowest BCUT2D eigenvalue weighted by atomic mass is 10.3. The van der Waals surface area contributed by atoms with E-state index >= 15 is 0 Å². The zero-order valence-corrected chi connectivity index (χ0v) is 7.26. The zero-order chi connectivity index (χ0) is 8.10. The first-order valence-electron chi connectivity index (χ1n) is 3.05. The summed E-state index contributed by atoms with van der Waals surface area (Å²) in [7, 11) is 0. The number of para-hydroxylation sites is 1. The predicted octanol–water partition coefficient (Wildman–Crippen LogP) is 2.12. The minimum absolute atomic E-state index is 0.281. The highest BCUT2D eigenvalue weighted by Crippen LogP contribution is 2.03. The summed E-state index contributed by atoms with van der Waals surface area (Å²) in [4.78, 5) is 10.7. The van der Waals surface area contributed by atoms with Crippen molar-refractivity contribution in [1.82, 2.24) is 4.34 Å². The summed E-state index contributed by atoms with van der Waals surface area (Å²) in [6, 6.07) is 8.92. The van der Waals surface area contributed by atoms with Crippen LogP contribution in [0.15, 0.2) is 30.3 Å². The lowest BCUT2D eigenvalue weighted by Gasteiger charge is -2.00. The molecule has 58 valence electrons. The summed E-state index contributed by atoms with van der Waals surface area (Å²) in [5.41, 5.74) is 0.768. The Hall–Kier alpha value is -1.03. The maximum absolute atomic E-state index is 10.7. The van der Waals surface area contributed by atoms with E-state index in [9.17, 15) is 4.79 Å². The molecular formula is C7H7BrN2O. The Morgan fingerprint density at radius 3 is 2.45 bits per heavy atom. The van der Waals surface area contributed by atoms with Gasteiger partial charge in [-0.05, 0) is 12.1 Å². The van der Waals surface area contributed by atoms with Crippen molar-refractivity contribution < 1.29 is 4.79 Å². The lowest BCUT2D eigenvalue weighted by Crippen LogP contribution is -2.19. The molecule has 1 aromatic rings. The summed E-state index contributed by atoms with van der Waals surface area (Å²) in [5.74, 6) is 0. The molecule has 0 bridgehead atoms. The number of rotatable bonds is 1. The molecule has 0 saturated carbocycles. The third-order valence-electron chi connectivity index (χ3n) is 1.12. The fourth-order valence-corrected chi connectivity index (χ4v) is 0.775. The molecule has 4 heteroatoms. The summed E-state index contributed by atoms with van der Waals surface area (Å²) >= 11 is 2.81. The molecule has 0 saturated heterocycles. The molecule has 3 nitrogen and oxygen atoms in total. The third kappa shape index (κ3) is 2.59. The largest absolute Gasteiger partial charge is 0.329 e. The molecular weight excluding hydrogens is 208 g/mol. The van der Waals surface area contributed by atoms with Crippen LogP contribution in [0.5, 0.6) is 0 Å². The predicted molar refractivity (Wildman–Crippen MR) is 47.5 cm³/mol. The summed E-state index contributed by atoms with van der Waals surface area (Å²) in [5, 5.41) is 2.59. The van der Waals surface area contributed by atoms with Gasteiger partial charge in [0.25, 0.3) is 0 Å². The first-order chi connectivity index (χ1) is 5.33. The molecule has 0 heterocycles. The number of benzene rings is 1. The molecule has 11 heavy (non-hydrogen) atoms. The zero-order valence-electron chi connectivity index (χ0n) is 5.67. The first-order valence-corrected chi connectivity index (χ1v) is 3.85. The average molecular weight is 215 g/mol. The van der Waals surface area contributed by atoms with E-state index in [0.29, 0.717) is 0 Å². The van der Waals surface area contributed by atoms with Crippen molar-refractivity contribution in [2.24, 2.45) is 0 Å². The normalized spacial score (nSPS) is 8.82. The minimum Gasteiger partial charge on any atom is -0.307 e. The highest BCUT2D eigenvalue weighted by atomic mass is 79.9. The Bertz CT molecular complexity index is 237. The van der Waals surface area contributed by atoms with Crippen molar-refractivity contribution in [3.63, 3.8) is 0 Å². The van der Waals surface area contributed by atoms with E-state index < -0.39 is 0 Å². The van der Waals surface area contributed by atoms with Gasteiger partial charge in [-0.25, -0.2) is 4.79 Å². The molecule has 0 unspecified atom stereocenters. The van der Waals surface area contributed by atoms with E-state index in [0.717, 1.165) is 5.69 Å². The number of hydrogen-bond acceptors (Lipinski definition) is 1. The maximum Gasteiger partial charge on any atom is 0.329 e. The Kier molecular flexibility index (Phi) is 2.92. The second kappa shape index (κ2) is 3.98. The van der Waals surface area contributed by atoms with Crippen LogP contribution in [-0.4, -0.2) is 6.03 Å². The third-order valence-corrected chi connectivity index (χ3v) is 1.48. The smallest absolute Gasteiger partial charge is 0.307 e. The van der Waals surface area contributed by atoms with Gasteiger partial charge in [-0.15, -0.1) is 0 Å². The van der Waals surface area contributed by atoms with E-state index in [2.05, 4.69) is 25.8 Å². The minimum atomic E-state index is -0.281. The summed E-state index contributed by atoms with van der Waals surface area (Å²) < 4.78 is 2.28. The van der Waals surface area contributed by atoms with E-state index in [1.807, 2.05) is 30.3 Å². The molecule has 0 fully saturated rings. The fraction of sp³-hybridized carbons (Fsp3) is 0. The number of carbonyl (C=O) groups excluding carboxylic acids is 1. The molecule has 0 atom stereocenters. The van der Waals surface area contributed by atoms with Gasteiger partial charge in [-0.1, -0.05) is 18.2 Å². The van der Waals surface area contributed by atoms with E-state index in [-0.39, 0.29) is 6.03 Å². The quantitative estimate of drug-likeness (QED) is 0.692. The van der Waals surface area contributed by atoms with Crippen LogP contribution in [0.1, 0.15) is 0 Å². The van der Waals surface area contributed by atoms with Gasteiger partial charge in [-0.3, -0.25) is 4.34 Å². The van der Waals surface area contributed by atoms with Crippen molar-refractivity contribution in [2.75, 3.05) is 5.32 Å². The topological polar surface area (TPSA) is 41.1 Å². The van der Waals surface area contributed by atoms with Crippen molar-refractivity contribution in [2.45, 2.75) is 0 Å². The van der Waals surface area contributed by atoms with Gasteiger partial charge < -0.3 is 5.32 Å². The molecule has 2 amide bonds. The van der Waals surface area contributed by atoms with Gasteiger partial charge in [0.05, 0.1) is 16.1 Å². The number of nitrogens with one attached hydrogen (secondary N) is 2. The van der Waals surface area contributed by atoms with Crippen LogP contribution in [0.25, 0.3) is 0 Å². The van der Waals surface area contributed by atoms with Crippen molar-refractivity contribution in [1.29, 1.82) is 0 Å². The average Bonchev–Trinajstić information content (AvgIpc) is 2.06. The number of amides is 2. The van der Waals surface area contributed by atoms with E-state index in [1.54, 1.807) is 0 Å². The Balaban J connectivity index is 2.58. The second-order valence-electron chi connectivity index (χ2n) is 1.91. The van der Waals surface area contributed by atoms with E-state index in [4.69, 9.17) is 0 Å². The Morgan fingerprint density at radius 2 is 1.91 bits per heavy atom. The number of urea groups is 1. The van der Waals surface area contributed by atoms with Crippen LogP contribution < -0.4 is 9.66 Å². The highest BCUT2D eigenvalue weighted by Gasteiger charge is 1.95. The molecule has 2 N–H and O–H groups in total. The summed E-state index contributed by atoms with van der Waals surface area (Å²) in [6.45, 7) is 0. The maximum atomic E-state index is 10.7. The Labute approximate surface area is 73.1 Å². The molecule has 0 radical (unpaired) electrons. The van der Waals surface area contributed by atoms with Crippen molar-refractivity contribution in [3.8, 4) is 0 Å². The molecule has 0 aromatic heterocycles. The van der Waals surface area contributed by atoms with E-state index in [1.165, 1.54) is 0 Å². The fourth-order valence-electron chi connectivity index (χ4n) is 0.676. The van der Waals surface area contributed by atoms with Crippen LogP contribution >= 0.6 is 16.1 Å². The van der Waals surface area contributed by atoms with Gasteiger partial charge in [0, 0.05) is 5.69 Å². The lowest BCUT2D eigenvalue weighted by molar-refractivity contribution is 0.257. The van der Waals surface area contributed by atoms with Gasteiger partial charge in [0.15, 0.2) is 0 Å². The van der Waals surface area contributed by atoms with Crippen LogP contribution in [0.2, 0.25) is 0 Å². The van der Waals surface area contributed by atoms with Crippen LogP contribution in [-0.2, 0) is 0 Å². The van der Waals surface area contributed by atoms with Gasteiger partial charge >= 0.3 is 6.03 Å². The van der Waals surface area contributed by atoms with Crippen LogP contribution in [0.4, 0.5) is 10.5 Å². The number of halogens is 1. The molecule has 0 aliphatic carbocycles. The second-order valence-corrected chi connectivity index (χ2v) is 2.31. The molecule has 0 aliphatic heterocycles. The monoisotopic (exact) mass is 214 g/mol. The summed E-state index contributed by atoms with van der Waals surface area (Å²) in [6.07, 6.45) is 0. The van der Waals surface area contributed by atoms with Crippen LogP contribution in [0.3, 0.4) is 0 Å². The van der Waals surface area contributed by atoms with Crippen molar-refractivity contribution in [3.05, 3.63) is 30.3 Å². The Morgan fingerprint density at radius 1 is 1.27 bits per heavy atom. The number of carbonyl (C=O) groups is 1.